The second-order valence-corrected chi connectivity index (χ2v) is 5.64. The molecule has 0 atom stereocenters. The fourth-order valence-electron chi connectivity index (χ4n) is 2.25. The molecule has 0 bridgehead atoms. The van der Waals surface area contributed by atoms with Crippen LogP contribution in [0.5, 0.6) is 0 Å². The van der Waals surface area contributed by atoms with Crippen molar-refractivity contribution in [3.8, 4) is 0 Å². The second-order valence-electron chi connectivity index (χ2n) is 4.78. The van der Waals surface area contributed by atoms with E-state index in [2.05, 4.69) is 26.2 Å². The zero-order valence-electron chi connectivity index (χ0n) is 11.2. The van der Waals surface area contributed by atoms with Gasteiger partial charge in [-0.25, -0.2) is 4.39 Å². The Balaban J connectivity index is 1.98. The van der Waals surface area contributed by atoms with Gasteiger partial charge in [0.05, 0.1) is 5.56 Å². The van der Waals surface area contributed by atoms with Crippen LogP contribution in [0.3, 0.4) is 0 Å². The Morgan fingerprint density at radius 3 is 2.86 bits per heavy atom. The smallest absolute Gasteiger partial charge is 0.259 e. The van der Waals surface area contributed by atoms with Gasteiger partial charge in [0.1, 0.15) is 5.82 Å². The number of nitrogens with one attached hydrogen (secondary N) is 2. The first kappa shape index (κ1) is 13.8. The summed E-state index contributed by atoms with van der Waals surface area (Å²) in [7, 11) is 0. The van der Waals surface area contributed by atoms with Crippen molar-refractivity contribution in [2.75, 3.05) is 5.32 Å². The fourth-order valence-corrected chi connectivity index (χ4v) is 2.77. The number of carbonyl (C=O) groups is 1. The molecule has 1 aromatic heterocycles. The normalized spacial score (nSPS) is 10.8. The number of aromatic nitrogens is 1. The molecular formula is C16H12BrFN2O. The van der Waals surface area contributed by atoms with Crippen molar-refractivity contribution < 1.29 is 9.18 Å². The maximum Gasteiger partial charge on any atom is 0.259 e. The number of anilines is 1. The Bertz CT molecular complexity index is 821. The first-order valence-corrected chi connectivity index (χ1v) is 7.18. The van der Waals surface area contributed by atoms with Gasteiger partial charge >= 0.3 is 0 Å². The summed E-state index contributed by atoms with van der Waals surface area (Å²) in [6.07, 6.45) is 1.84. The molecule has 0 aliphatic rings. The molecule has 3 nitrogen and oxygen atoms in total. The van der Waals surface area contributed by atoms with Gasteiger partial charge in [-0.15, -0.1) is 0 Å². The van der Waals surface area contributed by atoms with Gasteiger partial charge in [-0.3, -0.25) is 4.79 Å². The lowest BCUT2D eigenvalue weighted by Crippen LogP contribution is -2.15. The monoisotopic (exact) mass is 346 g/mol. The summed E-state index contributed by atoms with van der Waals surface area (Å²) >= 11 is 3.21. The molecule has 0 spiro atoms. The van der Waals surface area contributed by atoms with Crippen molar-refractivity contribution in [3.05, 3.63) is 64.0 Å². The summed E-state index contributed by atoms with van der Waals surface area (Å²) in [6.45, 7) is 1.90. The lowest BCUT2D eigenvalue weighted by atomic mass is 10.1. The van der Waals surface area contributed by atoms with Gasteiger partial charge in [0, 0.05) is 21.9 Å². The van der Waals surface area contributed by atoms with Crippen molar-refractivity contribution in [1.29, 1.82) is 0 Å². The van der Waals surface area contributed by atoms with Gasteiger partial charge in [0.2, 0.25) is 0 Å². The van der Waals surface area contributed by atoms with Gasteiger partial charge in [0.15, 0.2) is 0 Å². The molecule has 0 aliphatic heterocycles. The standard InChI is InChI=1S/C16H12BrFN2O/c1-9-7-10-5-6-19-14(10)8-13(9)20-16(21)15-11(17)3-2-4-12(15)18/h2-8,19H,1H3,(H,20,21). The van der Waals surface area contributed by atoms with Crippen LogP contribution < -0.4 is 5.32 Å². The van der Waals surface area contributed by atoms with Gasteiger partial charge < -0.3 is 10.3 Å². The number of H-pyrrole nitrogens is 1. The third-order valence-corrected chi connectivity index (χ3v) is 4.00. The quantitative estimate of drug-likeness (QED) is 0.698. The minimum atomic E-state index is -0.555. The van der Waals surface area contributed by atoms with Gasteiger partial charge in [-0.05, 0) is 64.1 Å². The number of amides is 1. The van der Waals surface area contributed by atoms with Gasteiger partial charge in [0.25, 0.3) is 5.91 Å². The zero-order chi connectivity index (χ0) is 15.0. The molecule has 5 heteroatoms. The van der Waals surface area contributed by atoms with Crippen molar-refractivity contribution >= 4 is 38.4 Å². The van der Waals surface area contributed by atoms with E-state index in [1.54, 1.807) is 12.1 Å². The van der Waals surface area contributed by atoms with E-state index in [-0.39, 0.29) is 5.56 Å². The second kappa shape index (κ2) is 5.33. The predicted molar refractivity (Wildman–Crippen MR) is 85.1 cm³/mol. The Labute approximate surface area is 129 Å². The summed E-state index contributed by atoms with van der Waals surface area (Å²) in [5.74, 6) is -1.03. The molecular weight excluding hydrogens is 335 g/mol. The number of hydrogen-bond donors (Lipinski definition) is 2. The molecule has 21 heavy (non-hydrogen) atoms. The summed E-state index contributed by atoms with van der Waals surface area (Å²) in [6, 6.07) is 10.2. The number of fused-ring (bicyclic) bond motifs is 1. The molecule has 0 radical (unpaired) electrons. The van der Waals surface area contributed by atoms with Crippen LogP contribution in [-0.4, -0.2) is 10.9 Å². The minimum Gasteiger partial charge on any atom is -0.361 e. The highest BCUT2D eigenvalue weighted by atomic mass is 79.9. The molecule has 2 N–H and O–H groups in total. The van der Waals surface area contributed by atoms with Gasteiger partial charge in [-0.2, -0.15) is 0 Å². The van der Waals surface area contributed by atoms with E-state index in [1.165, 1.54) is 6.07 Å². The van der Waals surface area contributed by atoms with Crippen molar-refractivity contribution in [1.82, 2.24) is 4.98 Å². The topological polar surface area (TPSA) is 44.9 Å². The van der Waals surface area contributed by atoms with Crippen molar-refractivity contribution in [2.24, 2.45) is 0 Å². The zero-order valence-corrected chi connectivity index (χ0v) is 12.8. The molecule has 3 rings (SSSR count). The largest absolute Gasteiger partial charge is 0.361 e. The molecule has 0 saturated heterocycles. The van der Waals surface area contributed by atoms with E-state index < -0.39 is 11.7 Å². The number of carbonyl (C=O) groups excluding carboxylic acids is 1. The van der Waals surface area contributed by atoms with Crippen molar-refractivity contribution in [3.63, 3.8) is 0 Å². The molecule has 0 unspecified atom stereocenters. The summed E-state index contributed by atoms with van der Waals surface area (Å²) in [5.41, 5.74) is 2.50. The van der Waals surface area contributed by atoms with Crippen LogP contribution in [0.25, 0.3) is 10.9 Å². The van der Waals surface area contributed by atoms with Crippen LogP contribution in [0.15, 0.2) is 47.1 Å². The minimum absolute atomic E-state index is 0.00322. The average Bonchev–Trinajstić information content (AvgIpc) is 2.86. The van der Waals surface area contributed by atoms with E-state index >= 15 is 0 Å². The van der Waals surface area contributed by atoms with E-state index in [0.29, 0.717) is 10.2 Å². The van der Waals surface area contributed by atoms with Crippen LogP contribution in [0.2, 0.25) is 0 Å². The van der Waals surface area contributed by atoms with Crippen LogP contribution in [0, 0.1) is 12.7 Å². The maximum absolute atomic E-state index is 13.8. The van der Waals surface area contributed by atoms with E-state index in [4.69, 9.17) is 0 Å². The first-order valence-electron chi connectivity index (χ1n) is 6.39. The summed E-state index contributed by atoms with van der Waals surface area (Å²) < 4.78 is 14.2. The van der Waals surface area contributed by atoms with E-state index in [1.807, 2.05) is 31.3 Å². The molecule has 0 saturated carbocycles. The molecule has 106 valence electrons. The molecule has 1 amide bonds. The number of aromatic amines is 1. The Kier molecular flexibility index (Phi) is 3.51. The summed E-state index contributed by atoms with van der Waals surface area (Å²) in [4.78, 5) is 15.4. The van der Waals surface area contributed by atoms with E-state index in [9.17, 15) is 9.18 Å². The van der Waals surface area contributed by atoms with Crippen LogP contribution >= 0.6 is 15.9 Å². The maximum atomic E-state index is 13.8. The lowest BCUT2D eigenvalue weighted by Gasteiger charge is -2.10. The number of aryl methyl sites for hydroxylation is 1. The Morgan fingerprint density at radius 1 is 1.29 bits per heavy atom. The highest BCUT2D eigenvalue weighted by Gasteiger charge is 2.16. The molecule has 3 aromatic rings. The Hall–Kier alpha value is -2.14. The third kappa shape index (κ3) is 2.56. The lowest BCUT2D eigenvalue weighted by molar-refractivity contribution is 0.102. The van der Waals surface area contributed by atoms with Crippen LogP contribution in [0.1, 0.15) is 15.9 Å². The fraction of sp³-hybridized carbons (Fsp3) is 0.0625. The Morgan fingerprint density at radius 2 is 2.10 bits per heavy atom. The van der Waals surface area contributed by atoms with E-state index in [0.717, 1.165) is 16.5 Å². The number of hydrogen-bond acceptors (Lipinski definition) is 1. The first-order chi connectivity index (χ1) is 10.1. The molecule has 1 heterocycles. The number of benzene rings is 2. The van der Waals surface area contributed by atoms with Gasteiger partial charge in [-0.1, -0.05) is 6.07 Å². The number of rotatable bonds is 2. The molecule has 0 aliphatic carbocycles. The third-order valence-electron chi connectivity index (χ3n) is 3.34. The highest BCUT2D eigenvalue weighted by molar-refractivity contribution is 9.10. The summed E-state index contributed by atoms with van der Waals surface area (Å²) in [5, 5.41) is 3.83. The molecule has 2 aromatic carbocycles. The SMILES string of the molecule is Cc1cc2cc[nH]c2cc1NC(=O)c1c(F)cccc1Br. The highest BCUT2D eigenvalue weighted by Crippen LogP contribution is 2.25. The van der Waals surface area contributed by atoms with Crippen LogP contribution in [0.4, 0.5) is 10.1 Å². The van der Waals surface area contributed by atoms with Crippen molar-refractivity contribution in [2.45, 2.75) is 6.92 Å². The molecule has 0 fully saturated rings. The predicted octanol–water partition coefficient (Wildman–Crippen LogP) is 4.63. The number of halogens is 2. The van der Waals surface area contributed by atoms with Crippen LogP contribution in [-0.2, 0) is 0 Å². The average molecular weight is 347 g/mol.